The highest BCUT2D eigenvalue weighted by Gasteiger charge is 2.13. The number of hydrogen-bond donors (Lipinski definition) is 1. The third-order valence-corrected chi connectivity index (χ3v) is 3.55. The standard InChI is InChI=1S/C15H12ClN3O/c1-20-12-7-6-11(9-4-2-3-5-10(9)12)14-13(16)15(17)19-8-18-14/h2-8H,1H3,(H2,17,18,19). The minimum atomic E-state index is 0.275. The molecule has 0 atom stereocenters. The molecule has 0 amide bonds. The molecule has 0 saturated carbocycles. The van der Waals surface area contributed by atoms with Gasteiger partial charge < -0.3 is 10.5 Å². The predicted molar refractivity (Wildman–Crippen MR) is 80.9 cm³/mol. The SMILES string of the molecule is COc1ccc(-c2ncnc(N)c2Cl)c2ccccc12. The summed E-state index contributed by atoms with van der Waals surface area (Å²) in [6.45, 7) is 0. The molecule has 3 rings (SSSR count). The predicted octanol–water partition coefficient (Wildman–Crippen LogP) is 3.54. The zero-order chi connectivity index (χ0) is 14.1. The summed E-state index contributed by atoms with van der Waals surface area (Å²) in [5, 5.41) is 2.37. The second-order valence-electron chi connectivity index (χ2n) is 4.28. The third kappa shape index (κ3) is 1.94. The van der Waals surface area contributed by atoms with E-state index in [2.05, 4.69) is 9.97 Å². The average Bonchev–Trinajstić information content (AvgIpc) is 2.49. The maximum absolute atomic E-state index is 6.22. The summed E-state index contributed by atoms with van der Waals surface area (Å²) >= 11 is 6.22. The molecule has 0 saturated heterocycles. The summed E-state index contributed by atoms with van der Waals surface area (Å²) in [6.07, 6.45) is 1.41. The summed E-state index contributed by atoms with van der Waals surface area (Å²) < 4.78 is 5.38. The molecule has 2 N–H and O–H groups in total. The van der Waals surface area contributed by atoms with E-state index >= 15 is 0 Å². The molecule has 0 spiro atoms. The van der Waals surface area contributed by atoms with Crippen LogP contribution in [0.4, 0.5) is 5.82 Å². The molecule has 5 heteroatoms. The van der Waals surface area contributed by atoms with Gasteiger partial charge in [0.2, 0.25) is 0 Å². The van der Waals surface area contributed by atoms with Gasteiger partial charge in [-0.2, -0.15) is 0 Å². The topological polar surface area (TPSA) is 61.0 Å². The van der Waals surface area contributed by atoms with Gasteiger partial charge in [0.25, 0.3) is 0 Å². The molecule has 4 nitrogen and oxygen atoms in total. The van der Waals surface area contributed by atoms with Gasteiger partial charge in [0, 0.05) is 10.9 Å². The van der Waals surface area contributed by atoms with Gasteiger partial charge in [-0.15, -0.1) is 0 Å². The number of benzene rings is 2. The van der Waals surface area contributed by atoms with Crippen LogP contribution < -0.4 is 10.5 Å². The molecule has 2 aromatic carbocycles. The summed E-state index contributed by atoms with van der Waals surface area (Å²) in [7, 11) is 1.65. The van der Waals surface area contributed by atoms with E-state index in [1.54, 1.807) is 7.11 Å². The monoisotopic (exact) mass is 285 g/mol. The molecule has 20 heavy (non-hydrogen) atoms. The number of anilines is 1. The lowest BCUT2D eigenvalue weighted by atomic mass is 10.0. The molecule has 100 valence electrons. The van der Waals surface area contributed by atoms with Crippen molar-refractivity contribution in [3.63, 3.8) is 0 Å². The third-order valence-electron chi connectivity index (χ3n) is 3.18. The Labute approximate surface area is 121 Å². The number of methoxy groups -OCH3 is 1. The number of aromatic nitrogens is 2. The normalized spacial score (nSPS) is 10.7. The minimum absolute atomic E-state index is 0.275. The second kappa shape index (κ2) is 4.98. The number of nitrogen functional groups attached to an aromatic ring is 1. The van der Waals surface area contributed by atoms with E-state index in [0.29, 0.717) is 10.7 Å². The van der Waals surface area contributed by atoms with Crippen molar-refractivity contribution < 1.29 is 4.74 Å². The second-order valence-corrected chi connectivity index (χ2v) is 4.66. The number of fused-ring (bicyclic) bond motifs is 1. The number of nitrogens with two attached hydrogens (primary N) is 1. The van der Waals surface area contributed by atoms with Gasteiger partial charge in [-0.25, -0.2) is 9.97 Å². The van der Waals surface area contributed by atoms with Crippen LogP contribution in [0.5, 0.6) is 5.75 Å². The highest BCUT2D eigenvalue weighted by atomic mass is 35.5. The summed E-state index contributed by atoms with van der Waals surface area (Å²) in [5.74, 6) is 1.08. The van der Waals surface area contributed by atoms with Crippen molar-refractivity contribution in [1.82, 2.24) is 9.97 Å². The van der Waals surface area contributed by atoms with Gasteiger partial charge in [-0.1, -0.05) is 35.9 Å². The van der Waals surface area contributed by atoms with Gasteiger partial charge >= 0.3 is 0 Å². The fraction of sp³-hybridized carbons (Fsp3) is 0.0667. The average molecular weight is 286 g/mol. The van der Waals surface area contributed by atoms with Gasteiger partial charge in [-0.3, -0.25) is 0 Å². The van der Waals surface area contributed by atoms with Crippen molar-refractivity contribution in [3.05, 3.63) is 47.7 Å². The van der Waals surface area contributed by atoms with Crippen molar-refractivity contribution in [2.24, 2.45) is 0 Å². The molecule has 0 radical (unpaired) electrons. The fourth-order valence-electron chi connectivity index (χ4n) is 2.23. The quantitative estimate of drug-likeness (QED) is 0.782. The molecular formula is C15H12ClN3O. The first-order valence-corrected chi connectivity index (χ1v) is 6.42. The molecule has 0 fully saturated rings. The van der Waals surface area contributed by atoms with Crippen LogP contribution in [0, 0.1) is 0 Å². The molecule has 0 aliphatic heterocycles. The van der Waals surface area contributed by atoms with E-state index in [-0.39, 0.29) is 5.82 Å². The first-order chi connectivity index (χ1) is 9.72. The first-order valence-electron chi connectivity index (χ1n) is 6.04. The van der Waals surface area contributed by atoms with Crippen molar-refractivity contribution in [2.45, 2.75) is 0 Å². The summed E-state index contributed by atoms with van der Waals surface area (Å²) in [4.78, 5) is 8.14. The van der Waals surface area contributed by atoms with Crippen LogP contribution in [-0.2, 0) is 0 Å². The van der Waals surface area contributed by atoms with Crippen molar-refractivity contribution >= 4 is 28.2 Å². The Morgan fingerprint density at radius 2 is 1.80 bits per heavy atom. The number of hydrogen-bond acceptors (Lipinski definition) is 4. The smallest absolute Gasteiger partial charge is 0.146 e. The van der Waals surface area contributed by atoms with Crippen LogP contribution in [0.15, 0.2) is 42.7 Å². The maximum atomic E-state index is 6.22. The Morgan fingerprint density at radius 3 is 2.55 bits per heavy atom. The van der Waals surface area contributed by atoms with Gasteiger partial charge in [0.05, 0.1) is 12.8 Å². The Bertz CT molecular complexity index is 789. The van der Waals surface area contributed by atoms with Gasteiger partial charge in [-0.05, 0) is 17.5 Å². The molecule has 3 aromatic rings. The van der Waals surface area contributed by atoms with Crippen LogP contribution in [0.3, 0.4) is 0 Å². The number of halogens is 1. The maximum Gasteiger partial charge on any atom is 0.146 e. The highest BCUT2D eigenvalue weighted by Crippen LogP contribution is 2.37. The van der Waals surface area contributed by atoms with Crippen molar-refractivity contribution in [2.75, 3.05) is 12.8 Å². The summed E-state index contributed by atoms with van der Waals surface area (Å²) in [5.41, 5.74) is 7.28. The Hall–Kier alpha value is -2.33. The molecule has 0 unspecified atom stereocenters. The van der Waals surface area contributed by atoms with Crippen molar-refractivity contribution in [3.8, 4) is 17.0 Å². The largest absolute Gasteiger partial charge is 0.496 e. The molecule has 1 heterocycles. The number of rotatable bonds is 2. The highest BCUT2D eigenvalue weighted by molar-refractivity contribution is 6.35. The van der Waals surface area contributed by atoms with Crippen LogP contribution in [0.1, 0.15) is 0 Å². The lowest BCUT2D eigenvalue weighted by molar-refractivity contribution is 0.420. The minimum Gasteiger partial charge on any atom is -0.496 e. The van der Waals surface area contributed by atoms with E-state index in [0.717, 1.165) is 22.1 Å². The molecule has 0 aliphatic rings. The molecular weight excluding hydrogens is 274 g/mol. The zero-order valence-electron chi connectivity index (χ0n) is 10.8. The van der Waals surface area contributed by atoms with Crippen LogP contribution in [0.2, 0.25) is 5.02 Å². The van der Waals surface area contributed by atoms with E-state index < -0.39 is 0 Å². The number of ether oxygens (including phenoxy) is 1. The Kier molecular flexibility index (Phi) is 3.16. The van der Waals surface area contributed by atoms with E-state index in [1.807, 2.05) is 36.4 Å². The lowest BCUT2D eigenvalue weighted by Crippen LogP contribution is -1.96. The van der Waals surface area contributed by atoms with E-state index in [4.69, 9.17) is 22.1 Å². The van der Waals surface area contributed by atoms with Crippen LogP contribution >= 0.6 is 11.6 Å². The lowest BCUT2D eigenvalue weighted by Gasteiger charge is -2.11. The van der Waals surface area contributed by atoms with E-state index in [9.17, 15) is 0 Å². The van der Waals surface area contributed by atoms with Crippen molar-refractivity contribution in [1.29, 1.82) is 0 Å². The first kappa shape index (κ1) is 12.7. The zero-order valence-corrected chi connectivity index (χ0v) is 11.6. The number of nitrogens with zero attached hydrogens (tertiary/aromatic N) is 2. The van der Waals surface area contributed by atoms with Gasteiger partial charge in [0.15, 0.2) is 0 Å². The molecule has 1 aromatic heterocycles. The fourth-order valence-corrected chi connectivity index (χ4v) is 2.43. The summed E-state index contributed by atoms with van der Waals surface area (Å²) in [6, 6.07) is 11.7. The Morgan fingerprint density at radius 1 is 1.05 bits per heavy atom. The van der Waals surface area contributed by atoms with E-state index in [1.165, 1.54) is 6.33 Å². The molecule has 0 aliphatic carbocycles. The van der Waals surface area contributed by atoms with Crippen LogP contribution in [0.25, 0.3) is 22.0 Å². The molecule has 0 bridgehead atoms. The van der Waals surface area contributed by atoms with Crippen LogP contribution in [-0.4, -0.2) is 17.1 Å². The Balaban J connectivity index is 2.35. The van der Waals surface area contributed by atoms with Gasteiger partial charge in [0.1, 0.15) is 22.9 Å².